The van der Waals surface area contributed by atoms with Gasteiger partial charge in [0.1, 0.15) is 0 Å². The molecule has 0 bridgehead atoms. The van der Waals surface area contributed by atoms with Crippen molar-refractivity contribution in [3.05, 3.63) is 28.8 Å². The van der Waals surface area contributed by atoms with Crippen LogP contribution in [0.1, 0.15) is 36.5 Å². The Hall–Kier alpha value is -1.26. The van der Waals surface area contributed by atoms with Crippen molar-refractivity contribution in [2.24, 2.45) is 5.73 Å². The molecule has 0 aliphatic carbocycles. The van der Waals surface area contributed by atoms with Gasteiger partial charge in [0.2, 0.25) is 5.91 Å². The molecule has 5 heteroatoms. The van der Waals surface area contributed by atoms with E-state index >= 15 is 0 Å². The molecular weight excluding hydrogens is 274 g/mol. The number of carbonyl (C=O) groups is 1. The first-order chi connectivity index (χ1) is 9.60. The Morgan fingerprint density at radius 3 is 2.95 bits per heavy atom. The van der Waals surface area contributed by atoms with E-state index in [1.54, 1.807) is 12.1 Å². The van der Waals surface area contributed by atoms with Gasteiger partial charge in [0.15, 0.2) is 0 Å². The largest absolute Gasteiger partial charge is 0.382 e. The number of amides is 1. The first-order valence-electron chi connectivity index (χ1n) is 7.18. The minimum absolute atomic E-state index is 0.375. The number of carbonyl (C=O) groups excluding carboxylic acids is 1. The molecule has 1 atom stereocenters. The molecule has 1 saturated heterocycles. The summed E-state index contributed by atoms with van der Waals surface area (Å²) in [4.78, 5) is 13.8. The second-order valence-electron chi connectivity index (χ2n) is 5.27. The Labute approximate surface area is 125 Å². The monoisotopic (exact) mass is 295 g/mol. The van der Waals surface area contributed by atoms with Crippen molar-refractivity contribution in [2.45, 2.75) is 32.2 Å². The SMILES string of the molecule is CCN1CCCC(Nc2ccc(Cl)c(C(N)=O)c2)CC1. The second kappa shape index (κ2) is 6.95. The van der Waals surface area contributed by atoms with E-state index in [-0.39, 0.29) is 0 Å². The zero-order valence-corrected chi connectivity index (χ0v) is 12.6. The van der Waals surface area contributed by atoms with Gasteiger partial charge in [0.25, 0.3) is 0 Å². The molecule has 1 aliphatic heterocycles. The van der Waals surface area contributed by atoms with Crippen LogP contribution in [-0.2, 0) is 0 Å². The third kappa shape index (κ3) is 3.87. The number of anilines is 1. The highest BCUT2D eigenvalue weighted by atomic mass is 35.5. The molecule has 20 heavy (non-hydrogen) atoms. The van der Waals surface area contributed by atoms with Gasteiger partial charge in [-0.2, -0.15) is 0 Å². The third-order valence-corrected chi connectivity index (χ3v) is 4.20. The number of likely N-dealkylation sites (tertiary alicyclic amines) is 1. The maximum absolute atomic E-state index is 11.3. The van der Waals surface area contributed by atoms with Crippen molar-refractivity contribution in [3.63, 3.8) is 0 Å². The highest BCUT2D eigenvalue weighted by Crippen LogP contribution is 2.22. The van der Waals surface area contributed by atoms with E-state index in [0.717, 1.165) is 31.6 Å². The molecule has 1 amide bonds. The van der Waals surface area contributed by atoms with Gasteiger partial charge in [-0.05, 0) is 50.6 Å². The lowest BCUT2D eigenvalue weighted by molar-refractivity contribution is 0.100. The second-order valence-corrected chi connectivity index (χ2v) is 5.67. The van der Waals surface area contributed by atoms with Crippen LogP contribution in [0.3, 0.4) is 0 Å². The average Bonchev–Trinajstić information content (AvgIpc) is 2.66. The molecule has 2 rings (SSSR count). The van der Waals surface area contributed by atoms with Gasteiger partial charge in [-0.3, -0.25) is 4.79 Å². The zero-order chi connectivity index (χ0) is 14.5. The summed E-state index contributed by atoms with van der Waals surface area (Å²) in [6.07, 6.45) is 3.45. The predicted octanol–water partition coefficient (Wildman–Crippen LogP) is 2.73. The molecule has 110 valence electrons. The summed E-state index contributed by atoms with van der Waals surface area (Å²) in [6.45, 7) is 5.60. The van der Waals surface area contributed by atoms with E-state index in [1.807, 2.05) is 6.07 Å². The van der Waals surface area contributed by atoms with Crippen LogP contribution in [0.2, 0.25) is 5.02 Å². The molecular formula is C15H22ClN3O. The molecule has 1 fully saturated rings. The molecule has 3 N–H and O–H groups in total. The fraction of sp³-hybridized carbons (Fsp3) is 0.533. The first kappa shape index (κ1) is 15.1. The molecule has 1 aromatic rings. The highest BCUT2D eigenvalue weighted by Gasteiger charge is 2.16. The van der Waals surface area contributed by atoms with Gasteiger partial charge in [0.05, 0.1) is 10.6 Å². The normalized spacial score (nSPS) is 20.4. The van der Waals surface area contributed by atoms with E-state index in [4.69, 9.17) is 17.3 Å². The summed E-state index contributed by atoms with van der Waals surface area (Å²) in [5, 5.41) is 3.90. The summed E-state index contributed by atoms with van der Waals surface area (Å²) in [6, 6.07) is 5.80. The topological polar surface area (TPSA) is 58.4 Å². The fourth-order valence-corrected chi connectivity index (χ4v) is 2.87. The maximum atomic E-state index is 11.3. The molecule has 0 radical (unpaired) electrons. The van der Waals surface area contributed by atoms with E-state index < -0.39 is 5.91 Å². The van der Waals surface area contributed by atoms with E-state index in [0.29, 0.717) is 16.6 Å². The smallest absolute Gasteiger partial charge is 0.250 e. The lowest BCUT2D eigenvalue weighted by Gasteiger charge is -2.19. The maximum Gasteiger partial charge on any atom is 0.250 e. The molecule has 4 nitrogen and oxygen atoms in total. The first-order valence-corrected chi connectivity index (χ1v) is 7.56. The Morgan fingerprint density at radius 1 is 1.45 bits per heavy atom. The highest BCUT2D eigenvalue weighted by molar-refractivity contribution is 6.33. The predicted molar refractivity (Wildman–Crippen MR) is 83.3 cm³/mol. The van der Waals surface area contributed by atoms with Crippen LogP contribution >= 0.6 is 11.6 Å². The number of nitrogens with two attached hydrogens (primary N) is 1. The summed E-state index contributed by atoms with van der Waals surface area (Å²) in [5.74, 6) is -0.489. The average molecular weight is 296 g/mol. The Kier molecular flexibility index (Phi) is 5.26. The molecule has 1 aliphatic rings. The van der Waals surface area contributed by atoms with E-state index in [9.17, 15) is 4.79 Å². The lowest BCUT2D eigenvalue weighted by atomic mass is 10.1. The van der Waals surface area contributed by atoms with Crippen molar-refractivity contribution in [1.82, 2.24) is 4.90 Å². The molecule has 0 saturated carbocycles. The number of halogens is 1. The number of nitrogens with one attached hydrogen (secondary N) is 1. The van der Waals surface area contributed by atoms with Gasteiger partial charge < -0.3 is 16.0 Å². The number of hydrogen-bond donors (Lipinski definition) is 2. The molecule has 1 heterocycles. The summed E-state index contributed by atoms with van der Waals surface area (Å²) >= 11 is 5.96. The van der Waals surface area contributed by atoms with Gasteiger partial charge in [0, 0.05) is 18.3 Å². The molecule has 0 aromatic heterocycles. The van der Waals surface area contributed by atoms with Gasteiger partial charge >= 0.3 is 0 Å². The van der Waals surface area contributed by atoms with Crippen molar-refractivity contribution in [2.75, 3.05) is 25.0 Å². The van der Waals surface area contributed by atoms with Crippen molar-refractivity contribution in [1.29, 1.82) is 0 Å². The van der Waals surface area contributed by atoms with Crippen LogP contribution in [-0.4, -0.2) is 36.5 Å². The number of rotatable bonds is 4. The van der Waals surface area contributed by atoms with Gasteiger partial charge in [-0.1, -0.05) is 18.5 Å². The van der Waals surface area contributed by atoms with E-state index in [2.05, 4.69) is 17.1 Å². The van der Waals surface area contributed by atoms with Gasteiger partial charge in [-0.25, -0.2) is 0 Å². The Bertz CT molecular complexity index is 478. The zero-order valence-electron chi connectivity index (χ0n) is 11.9. The van der Waals surface area contributed by atoms with Crippen LogP contribution in [0.5, 0.6) is 0 Å². The Morgan fingerprint density at radius 2 is 2.25 bits per heavy atom. The summed E-state index contributed by atoms with van der Waals surface area (Å²) in [5.41, 5.74) is 6.61. The summed E-state index contributed by atoms with van der Waals surface area (Å²) in [7, 11) is 0. The van der Waals surface area contributed by atoms with Crippen molar-refractivity contribution >= 4 is 23.2 Å². The van der Waals surface area contributed by atoms with Crippen molar-refractivity contribution in [3.8, 4) is 0 Å². The molecule has 1 aromatic carbocycles. The fourth-order valence-electron chi connectivity index (χ4n) is 2.66. The summed E-state index contributed by atoms with van der Waals surface area (Å²) < 4.78 is 0. The van der Waals surface area contributed by atoms with Crippen LogP contribution < -0.4 is 11.1 Å². The lowest BCUT2D eigenvalue weighted by Crippen LogP contribution is -2.26. The van der Waals surface area contributed by atoms with Crippen LogP contribution in [0.15, 0.2) is 18.2 Å². The Balaban J connectivity index is 2.02. The third-order valence-electron chi connectivity index (χ3n) is 3.87. The van der Waals surface area contributed by atoms with Crippen LogP contribution in [0, 0.1) is 0 Å². The molecule has 0 spiro atoms. The number of hydrogen-bond acceptors (Lipinski definition) is 3. The van der Waals surface area contributed by atoms with Crippen LogP contribution in [0.4, 0.5) is 5.69 Å². The quantitative estimate of drug-likeness (QED) is 0.898. The minimum Gasteiger partial charge on any atom is -0.382 e. The number of primary amides is 1. The standard InChI is InChI=1S/C15H22ClN3O/c1-2-19-8-3-4-11(7-9-19)18-12-5-6-14(16)13(10-12)15(17)20/h5-6,10-11,18H,2-4,7-9H2,1H3,(H2,17,20). The van der Waals surface area contributed by atoms with E-state index in [1.165, 1.54) is 13.0 Å². The van der Waals surface area contributed by atoms with Crippen LogP contribution in [0.25, 0.3) is 0 Å². The van der Waals surface area contributed by atoms with Crippen molar-refractivity contribution < 1.29 is 4.79 Å². The number of nitrogens with zero attached hydrogens (tertiary/aromatic N) is 1. The molecule has 1 unspecified atom stereocenters. The van der Waals surface area contributed by atoms with Gasteiger partial charge in [-0.15, -0.1) is 0 Å². The minimum atomic E-state index is -0.489. The number of benzene rings is 1.